The summed E-state index contributed by atoms with van der Waals surface area (Å²) < 4.78 is 0. The summed E-state index contributed by atoms with van der Waals surface area (Å²) >= 11 is 6.08. The van der Waals surface area contributed by atoms with E-state index in [1.165, 1.54) is 56.2 Å². The molecule has 0 bridgehead atoms. The second-order valence-electron chi connectivity index (χ2n) is 5.37. The van der Waals surface area contributed by atoms with Crippen molar-refractivity contribution in [3.05, 3.63) is 28.8 Å². The molecular formula is C16H24ClN. The first-order chi connectivity index (χ1) is 8.81. The molecule has 18 heavy (non-hydrogen) atoms. The molecule has 100 valence electrons. The Morgan fingerprint density at radius 2 is 1.94 bits per heavy atom. The molecule has 2 rings (SSSR count). The molecule has 0 radical (unpaired) electrons. The zero-order valence-electron chi connectivity index (χ0n) is 11.3. The van der Waals surface area contributed by atoms with E-state index in [1.54, 1.807) is 0 Å². The Kier molecular flexibility index (Phi) is 5.37. The molecular weight excluding hydrogens is 242 g/mol. The van der Waals surface area contributed by atoms with E-state index in [0.717, 1.165) is 11.6 Å². The van der Waals surface area contributed by atoms with Crippen LogP contribution >= 0.6 is 11.6 Å². The minimum Gasteiger partial charge on any atom is -0.384 e. The molecule has 1 heterocycles. The van der Waals surface area contributed by atoms with Crippen LogP contribution in [0.2, 0.25) is 5.02 Å². The van der Waals surface area contributed by atoms with Crippen molar-refractivity contribution >= 4 is 17.3 Å². The number of fused-ring (bicyclic) bond motifs is 1. The number of benzene rings is 1. The highest BCUT2D eigenvalue weighted by atomic mass is 35.5. The number of anilines is 1. The van der Waals surface area contributed by atoms with Gasteiger partial charge in [0.05, 0.1) is 0 Å². The first-order valence-electron chi connectivity index (χ1n) is 7.34. The molecule has 0 amide bonds. The SMILES string of the molecule is CCCCCCCCC1CNc2ccc(Cl)cc21. The maximum Gasteiger partial charge on any atom is 0.0410 e. The lowest BCUT2D eigenvalue weighted by molar-refractivity contribution is 0.556. The van der Waals surface area contributed by atoms with Gasteiger partial charge in [-0.15, -0.1) is 0 Å². The van der Waals surface area contributed by atoms with Gasteiger partial charge < -0.3 is 5.32 Å². The zero-order chi connectivity index (χ0) is 12.8. The number of hydrogen-bond acceptors (Lipinski definition) is 1. The Labute approximate surface area is 116 Å². The molecule has 1 aromatic rings. The Balaban J connectivity index is 1.74. The highest BCUT2D eigenvalue weighted by Gasteiger charge is 2.21. The predicted octanol–water partition coefficient (Wildman–Crippen LogP) is 5.60. The summed E-state index contributed by atoms with van der Waals surface area (Å²) in [4.78, 5) is 0. The summed E-state index contributed by atoms with van der Waals surface area (Å²) in [5, 5.41) is 4.35. The minimum atomic E-state index is 0.671. The number of rotatable bonds is 7. The average Bonchev–Trinajstić information content (AvgIpc) is 2.76. The molecule has 1 aliphatic heterocycles. The Morgan fingerprint density at radius 1 is 1.17 bits per heavy atom. The average molecular weight is 266 g/mol. The highest BCUT2D eigenvalue weighted by molar-refractivity contribution is 6.30. The third-order valence-electron chi connectivity index (χ3n) is 3.90. The van der Waals surface area contributed by atoms with Crippen molar-refractivity contribution in [3.63, 3.8) is 0 Å². The van der Waals surface area contributed by atoms with E-state index in [0.29, 0.717) is 5.92 Å². The van der Waals surface area contributed by atoms with E-state index in [1.807, 2.05) is 6.07 Å². The van der Waals surface area contributed by atoms with Crippen molar-refractivity contribution < 1.29 is 0 Å². The van der Waals surface area contributed by atoms with Crippen molar-refractivity contribution in [3.8, 4) is 0 Å². The fraction of sp³-hybridized carbons (Fsp3) is 0.625. The normalized spacial score (nSPS) is 17.6. The zero-order valence-corrected chi connectivity index (χ0v) is 12.1. The van der Waals surface area contributed by atoms with Gasteiger partial charge in [0.15, 0.2) is 0 Å². The van der Waals surface area contributed by atoms with Gasteiger partial charge in [0.2, 0.25) is 0 Å². The van der Waals surface area contributed by atoms with Crippen LogP contribution in [0.15, 0.2) is 18.2 Å². The molecule has 1 unspecified atom stereocenters. The first kappa shape index (κ1) is 13.7. The summed E-state index contributed by atoms with van der Waals surface area (Å²) in [5.74, 6) is 0.671. The Hall–Kier alpha value is -0.690. The van der Waals surface area contributed by atoms with Gasteiger partial charge in [-0.3, -0.25) is 0 Å². The lowest BCUT2D eigenvalue weighted by Gasteiger charge is -2.10. The Bertz CT molecular complexity index is 375. The lowest BCUT2D eigenvalue weighted by Crippen LogP contribution is -2.01. The van der Waals surface area contributed by atoms with Crippen LogP contribution in [-0.2, 0) is 0 Å². The number of nitrogens with one attached hydrogen (secondary N) is 1. The van der Waals surface area contributed by atoms with Crippen molar-refractivity contribution in [2.24, 2.45) is 0 Å². The molecule has 2 heteroatoms. The van der Waals surface area contributed by atoms with Crippen LogP contribution < -0.4 is 5.32 Å². The molecule has 1 aromatic carbocycles. The number of halogens is 1. The van der Waals surface area contributed by atoms with Gasteiger partial charge in [-0.1, -0.05) is 57.0 Å². The van der Waals surface area contributed by atoms with Gasteiger partial charge in [0.1, 0.15) is 0 Å². The smallest absolute Gasteiger partial charge is 0.0410 e. The third kappa shape index (κ3) is 3.65. The van der Waals surface area contributed by atoms with Crippen LogP contribution in [0.3, 0.4) is 0 Å². The summed E-state index contributed by atoms with van der Waals surface area (Å²) in [7, 11) is 0. The molecule has 0 spiro atoms. The highest BCUT2D eigenvalue weighted by Crippen LogP contribution is 2.36. The lowest BCUT2D eigenvalue weighted by atomic mass is 9.95. The summed E-state index contributed by atoms with van der Waals surface area (Å²) in [6.07, 6.45) is 9.56. The van der Waals surface area contributed by atoms with E-state index >= 15 is 0 Å². The van der Waals surface area contributed by atoms with E-state index in [9.17, 15) is 0 Å². The molecule has 0 saturated carbocycles. The van der Waals surface area contributed by atoms with Crippen molar-refractivity contribution in [2.45, 2.75) is 57.8 Å². The van der Waals surface area contributed by atoms with E-state index < -0.39 is 0 Å². The van der Waals surface area contributed by atoms with Crippen LogP contribution in [-0.4, -0.2) is 6.54 Å². The van der Waals surface area contributed by atoms with Crippen molar-refractivity contribution in [2.75, 3.05) is 11.9 Å². The maximum atomic E-state index is 6.08. The van der Waals surface area contributed by atoms with Crippen molar-refractivity contribution in [1.82, 2.24) is 0 Å². The summed E-state index contributed by atoms with van der Waals surface area (Å²) in [6, 6.07) is 6.22. The minimum absolute atomic E-state index is 0.671. The fourth-order valence-electron chi connectivity index (χ4n) is 2.80. The van der Waals surface area contributed by atoms with Crippen LogP contribution in [0.1, 0.15) is 63.4 Å². The second kappa shape index (κ2) is 7.04. The van der Waals surface area contributed by atoms with Gasteiger partial charge in [-0.05, 0) is 30.2 Å². The van der Waals surface area contributed by atoms with Crippen molar-refractivity contribution in [1.29, 1.82) is 0 Å². The summed E-state index contributed by atoms with van der Waals surface area (Å²) in [6.45, 7) is 3.36. The molecule has 1 atom stereocenters. The topological polar surface area (TPSA) is 12.0 Å². The van der Waals surface area contributed by atoms with Gasteiger partial charge in [-0.25, -0.2) is 0 Å². The van der Waals surface area contributed by atoms with Gasteiger partial charge in [0, 0.05) is 23.2 Å². The number of hydrogen-bond donors (Lipinski definition) is 1. The second-order valence-corrected chi connectivity index (χ2v) is 5.80. The molecule has 0 aliphatic carbocycles. The summed E-state index contributed by atoms with van der Waals surface area (Å²) in [5.41, 5.74) is 2.71. The van der Waals surface area contributed by atoms with E-state index in [-0.39, 0.29) is 0 Å². The monoisotopic (exact) mass is 265 g/mol. The molecule has 0 saturated heterocycles. The van der Waals surface area contributed by atoms with Crippen LogP contribution in [0.5, 0.6) is 0 Å². The quantitative estimate of drug-likeness (QED) is 0.633. The standard InChI is InChI=1S/C16H24ClN/c1-2-3-4-5-6-7-8-13-12-18-16-10-9-14(17)11-15(13)16/h9-11,13,18H,2-8,12H2,1H3. The molecule has 1 aliphatic rings. The fourth-order valence-corrected chi connectivity index (χ4v) is 2.98. The van der Waals surface area contributed by atoms with Crippen LogP contribution in [0.25, 0.3) is 0 Å². The van der Waals surface area contributed by atoms with Gasteiger partial charge in [-0.2, -0.15) is 0 Å². The third-order valence-corrected chi connectivity index (χ3v) is 4.13. The van der Waals surface area contributed by atoms with E-state index in [2.05, 4.69) is 24.4 Å². The molecule has 0 fully saturated rings. The molecule has 1 N–H and O–H groups in total. The number of unbranched alkanes of at least 4 members (excludes halogenated alkanes) is 5. The van der Waals surface area contributed by atoms with E-state index in [4.69, 9.17) is 11.6 Å². The first-order valence-corrected chi connectivity index (χ1v) is 7.72. The van der Waals surface area contributed by atoms with Crippen LogP contribution in [0.4, 0.5) is 5.69 Å². The Morgan fingerprint density at radius 3 is 2.78 bits per heavy atom. The maximum absolute atomic E-state index is 6.08. The molecule has 1 nitrogen and oxygen atoms in total. The van der Waals surface area contributed by atoms with Gasteiger partial charge in [0.25, 0.3) is 0 Å². The molecule has 0 aromatic heterocycles. The largest absolute Gasteiger partial charge is 0.384 e. The van der Waals surface area contributed by atoms with Gasteiger partial charge >= 0.3 is 0 Å². The van der Waals surface area contributed by atoms with Crippen LogP contribution in [0, 0.1) is 0 Å². The predicted molar refractivity (Wildman–Crippen MR) is 80.7 cm³/mol.